The van der Waals surface area contributed by atoms with Gasteiger partial charge in [0.1, 0.15) is 0 Å². The fourth-order valence-corrected chi connectivity index (χ4v) is 6.43. The quantitative estimate of drug-likeness (QED) is 0.907. The van der Waals surface area contributed by atoms with E-state index in [1.807, 2.05) is 6.07 Å². The Morgan fingerprint density at radius 1 is 1.15 bits per heavy atom. The van der Waals surface area contributed by atoms with Crippen molar-refractivity contribution in [1.29, 1.82) is 0 Å². The molecule has 2 bridgehead atoms. The molecule has 1 N–H and O–H groups in total. The van der Waals surface area contributed by atoms with Gasteiger partial charge in [-0.1, -0.05) is 49.6 Å². The van der Waals surface area contributed by atoms with E-state index in [-0.39, 0.29) is 29.6 Å². The van der Waals surface area contributed by atoms with E-state index in [2.05, 4.69) is 29.2 Å². The van der Waals surface area contributed by atoms with Gasteiger partial charge in [0, 0.05) is 25.0 Å². The number of nitrogens with zero attached hydrogens (tertiary/aromatic N) is 1. The molecule has 3 heterocycles. The summed E-state index contributed by atoms with van der Waals surface area (Å²) in [6, 6.07) is 10.4. The SMILES string of the molecule is O=C(N1C[C@@H]2[C@H](CO)[C@H]3CC[C@]2(C1)O3)C1(c2ccccc2)CCCCC1. The maximum atomic E-state index is 13.8. The van der Waals surface area contributed by atoms with Crippen molar-refractivity contribution >= 4 is 5.91 Å². The van der Waals surface area contributed by atoms with Crippen molar-refractivity contribution in [2.45, 2.75) is 62.1 Å². The van der Waals surface area contributed by atoms with E-state index in [1.165, 1.54) is 12.0 Å². The lowest BCUT2D eigenvalue weighted by molar-refractivity contribution is -0.139. The van der Waals surface area contributed by atoms with Crippen LogP contribution in [0.2, 0.25) is 0 Å². The maximum absolute atomic E-state index is 13.8. The molecule has 1 aliphatic carbocycles. The van der Waals surface area contributed by atoms with Crippen LogP contribution in [0.15, 0.2) is 30.3 Å². The van der Waals surface area contributed by atoms with Gasteiger partial charge in [0.15, 0.2) is 0 Å². The summed E-state index contributed by atoms with van der Waals surface area (Å²) in [4.78, 5) is 15.9. The lowest BCUT2D eigenvalue weighted by atomic mass is 9.68. The summed E-state index contributed by atoms with van der Waals surface area (Å²) in [7, 11) is 0. The molecule has 1 amide bonds. The Morgan fingerprint density at radius 2 is 1.92 bits per heavy atom. The first-order valence-electron chi connectivity index (χ1n) is 10.3. The van der Waals surface area contributed by atoms with Gasteiger partial charge in [-0.05, 0) is 31.2 Å². The van der Waals surface area contributed by atoms with Crippen LogP contribution in [-0.4, -0.2) is 47.3 Å². The largest absolute Gasteiger partial charge is 0.396 e. The highest BCUT2D eigenvalue weighted by Gasteiger charge is 2.64. The summed E-state index contributed by atoms with van der Waals surface area (Å²) in [5.41, 5.74) is 0.644. The number of amides is 1. The van der Waals surface area contributed by atoms with Crippen LogP contribution in [0.4, 0.5) is 0 Å². The zero-order valence-electron chi connectivity index (χ0n) is 15.4. The van der Waals surface area contributed by atoms with E-state index in [1.54, 1.807) is 0 Å². The second-order valence-electron chi connectivity index (χ2n) is 8.91. The monoisotopic (exact) mass is 355 g/mol. The number of rotatable bonds is 3. The third-order valence-electron chi connectivity index (χ3n) is 7.72. The molecule has 1 spiro atoms. The standard InChI is InChI=1S/C22H29NO3/c24-14-17-18-13-23(15-22(18)12-9-19(17)26-22)20(25)21(10-5-2-6-11-21)16-7-3-1-4-8-16/h1,3-4,7-8,17-19,24H,2,5-6,9-15H2/t17-,18+,19+,22+/m0/s1. The highest BCUT2D eigenvalue weighted by atomic mass is 16.5. The fraction of sp³-hybridized carbons (Fsp3) is 0.682. The van der Waals surface area contributed by atoms with Crippen molar-refractivity contribution in [2.24, 2.45) is 11.8 Å². The smallest absolute Gasteiger partial charge is 0.233 e. The molecule has 3 saturated heterocycles. The van der Waals surface area contributed by atoms with E-state index in [0.717, 1.165) is 51.6 Å². The van der Waals surface area contributed by atoms with E-state index in [4.69, 9.17) is 4.74 Å². The van der Waals surface area contributed by atoms with Gasteiger partial charge in [-0.2, -0.15) is 0 Å². The third kappa shape index (κ3) is 2.24. The van der Waals surface area contributed by atoms with Crippen LogP contribution in [0.3, 0.4) is 0 Å². The molecule has 4 aliphatic rings. The van der Waals surface area contributed by atoms with Crippen LogP contribution in [0.1, 0.15) is 50.5 Å². The first-order chi connectivity index (χ1) is 12.7. The summed E-state index contributed by atoms with van der Waals surface area (Å²) in [5, 5.41) is 9.85. The van der Waals surface area contributed by atoms with Crippen molar-refractivity contribution < 1.29 is 14.6 Å². The predicted octanol–water partition coefficient (Wildman–Crippen LogP) is 2.89. The van der Waals surface area contributed by atoms with Crippen molar-refractivity contribution in [3.8, 4) is 0 Å². The second-order valence-corrected chi connectivity index (χ2v) is 8.91. The number of aliphatic hydroxyl groups excluding tert-OH is 1. The molecule has 0 radical (unpaired) electrons. The number of benzene rings is 1. The highest BCUT2D eigenvalue weighted by Crippen LogP contribution is 2.55. The first kappa shape index (κ1) is 16.8. The molecular formula is C22H29NO3. The molecule has 0 aromatic heterocycles. The molecule has 4 nitrogen and oxygen atoms in total. The Morgan fingerprint density at radius 3 is 2.65 bits per heavy atom. The Balaban J connectivity index is 1.45. The molecule has 4 fully saturated rings. The Labute approximate surface area is 155 Å². The highest BCUT2D eigenvalue weighted by molar-refractivity contribution is 5.89. The lowest BCUT2D eigenvalue weighted by Gasteiger charge is -2.39. The molecule has 1 aromatic rings. The third-order valence-corrected chi connectivity index (χ3v) is 7.72. The predicted molar refractivity (Wildman–Crippen MR) is 98.7 cm³/mol. The number of fused-ring (bicyclic) bond motifs is 1. The molecule has 0 unspecified atom stereocenters. The van der Waals surface area contributed by atoms with Gasteiger partial charge in [0.2, 0.25) is 5.91 Å². The number of hydrogen-bond donors (Lipinski definition) is 1. The van der Waals surface area contributed by atoms with Crippen LogP contribution >= 0.6 is 0 Å². The molecule has 1 aromatic carbocycles. The molecule has 5 rings (SSSR count). The van der Waals surface area contributed by atoms with Gasteiger partial charge in [-0.3, -0.25) is 4.79 Å². The molecule has 1 saturated carbocycles. The summed E-state index contributed by atoms with van der Waals surface area (Å²) in [5.74, 6) is 0.822. The van der Waals surface area contributed by atoms with Crippen LogP contribution in [0.5, 0.6) is 0 Å². The lowest BCUT2D eigenvalue weighted by Crippen LogP contribution is -2.48. The van der Waals surface area contributed by atoms with Crippen molar-refractivity contribution in [1.82, 2.24) is 4.90 Å². The minimum absolute atomic E-state index is 0.180. The average Bonchev–Trinajstić information content (AvgIpc) is 3.36. The summed E-state index contributed by atoms with van der Waals surface area (Å²) in [6.45, 7) is 1.66. The minimum Gasteiger partial charge on any atom is -0.396 e. The second kappa shape index (κ2) is 6.07. The Hall–Kier alpha value is -1.39. The van der Waals surface area contributed by atoms with Crippen LogP contribution in [0.25, 0.3) is 0 Å². The number of carbonyl (C=O) groups is 1. The maximum Gasteiger partial charge on any atom is 0.233 e. The zero-order chi connectivity index (χ0) is 17.8. The number of hydrogen-bond acceptors (Lipinski definition) is 3. The van der Waals surface area contributed by atoms with Gasteiger partial charge in [0.25, 0.3) is 0 Å². The molecule has 4 atom stereocenters. The van der Waals surface area contributed by atoms with Crippen molar-refractivity contribution in [3.05, 3.63) is 35.9 Å². The summed E-state index contributed by atoms with van der Waals surface area (Å²) in [6.07, 6.45) is 7.68. The van der Waals surface area contributed by atoms with Crippen LogP contribution in [-0.2, 0) is 14.9 Å². The van der Waals surface area contributed by atoms with Crippen molar-refractivity contribution in [2.75, 3.05) is 19.7 Å². The van der Waals surface area contributed by atoms with Gasteiger partial charge >= 0.3 is 0 Å². The minimum atomic E-state index is -0.360. The van der Waals surface area contributed by atoms with Gasteiger partial charge in [-0.25, -0.2) is 0 Å². The zero-order valence-corrected chi connectivity index (χ0v) is 15.4. The van der Waals surface area contributed by atoms with Crippen molar-refractivity contribution in [3.63, 3.8) is 0 Å². The van der Waals surface area contributed by atoms with Gasteiger partial charge in [-0.15, -0.1) is 0 Å². The topological polar surface area (TPSA) is 49.8 Å². The van der Waals surface area contributed by atoms with E-state index in [0.29, 0.717) is 11.8 Å². The number of aliphatic hydroxyl groups is 1. The van der Waals surface area contributed by atoms with E-state index in [9.17, 15) is 9.90 Å². The van der Waals surface area contributed by atoms with Gasteiger partial charge in [0.05, 0.1) is 23.7 Å². The van der Waals surface area contributed by atoms with Crippen LogP contribution in [0, 0.1) is 11.8 Å². The van der Waals surface area contributed by atoms with Crippen LogP contribution < -0.4 is 0 Å². The summed E-state index contributed by atoms with van der Waals surface area (Å²) >= 11 is 0. The van der Waals surface area contributed by atoms with E-state index >= 15 is 0 Å². The number of likely N-dealkylation sites (tertiary alicyclic amines) is 1. The number of carbonyl (C=O) groups excluding carboxylic acids is 1. The first-order valence-corrected chi connectivity index (χ1v) is 10.3. The molecular weight excluding hydrogens is 326 g/mol. The molecule has 26 heavy (non-hydrogen) atoms. The fourth-order valence-electron chi connectivity index (χ4n) is 6.43. The normalized spacial score (nSPS) is 37.7. The van der Waals surface area contributed by atoms with E-state index < -0.39 is 0 Å². The summed E-state index contributed by atoms with van der Waals surface area (Å²) < 4.78 is 6.34. The number of ether oxygens (including phenoxy) is 1. The average molecular weight is 355 g/mol. The molecule has 4 heteroatoms. The molecule has 140 valence electrons. The van der Waals surface area contributed by atoms with Gasteiger partial charge < -0.3 is 14.7 Å². The Bertz CT molecular complexity index is 684. The molecule has 3 aliphatic heterocycles. The Kier molecular flexibility index (Phi) is 3.91.